The van der Waals surface area contributed by atoms with Crippen LogP contribution in [0.25, 0.3) is 0 Å². The van der Waals surface area contributed by atoms with E-state index < -0.39 is 17.8 Å². The molecule has 1 rings (SSSR count). The quantitative estimate of drug-likeness (QED) is 0.755. The summed E-state index contributed by atoms with van der Waals surface area (Å²) >= 11 is 0. The Morgan fingerprint density at radius 2 is 1.95 bits per heavy atom. The van der Waals surface area contributed by atoms with Gasteiger partial charge in [0.25, 0.3) is 0 Å². The molecular formula is C13H19F3N4O. The molecule has 1 aromatic heterocycles. The maximum Gasteiger partial charge on any atom is 0.416 e. The number of carbonyl (C=O) groups is 1. The van der Waals surface area contributed by atoms with Gasteiger partial charge in [0, 0.05) is 13.6 Å². The molecule has 1 atom stereocenters. The van der Waals surface area contributed by atoms with Crippen LogP contribution in [0.1, 0.15) is 25.8 Å². The largest absolute Gasteiger partial charge is 0.416 e. The normalized spacial score (nSPS) is 12.7. The Morgan fingerprint density at radius 3 is 2.48 bits per heavy atom. The average molecular weight is 304 g/mol. The van der Waals surface area contributed by atoms with Crippen molar-refractivity contribution in [1.29, 1.82) is 0 Å². The molecule has 0 aromatic carbocycles. The maximum atomic E-state index is 12.8. The third kappa shape index (κ3) is 5.13. The zero-order chi connectivity index (χ0) is 16.0. The van der Waals surface area contributed by atoms with Crippen molar-refractivity contribution in [2.75, 3.05) is 24.2 Å². The Morgan fingerprint density at radius 1 is 1.33 bits per heavy atom. The van der Waals surface area contributed by atoms with E-state index in [1.807, 2.05) is 6.92 Å². The number of nitrogens with zero attached hydrogens (tertiary/aromatic N) is 1. The van der Waals surface area contributed by atoms with Crippen molar-refractivity contribution in [1.82, 2.24) is 10.3 Å². The number of halogens is 3. The molecule has 8 heteroatoms. The van der Waals surface area contributed by atoms with Gasteiger partial charge in [0.15, 0.2) is 0 Å². The molecule has 1 amide bonds. The lowest BCUT2D eigenvalue weighted by Crippen LogP contribution is -2.38. The lowest BCUT2D eigenvalue weighted by Gasteiger charge is -2.16. The molecule has 0 bridgehead atoms. The zero-order valence-electron chi connectivity index (χ0n) is 12.1. The van der Waals surface area contributed by atoms with Crippen LogP contribution in [0.4, 0.5) is 24.8 Å². The van der Waals surface area contributed by atoms with Gasteiger partial charge in [-0.3, -0.25) is 4.79 Å². The van der Waals surface area contributed by atoms with E-state index in [1.54, 1.807) is 6.92 Å². The summed E-state index contributed by atoms with van der Waals surface area (Å²) in [5, 5.41) is 7.90. The van der Waals surface area contributed by atoms with Gasteiger partial charge in [0.1, 0.15) is 17.7 Å². The summed E-state index contributed by atoms with van der Waals surface area (Å²) in [5.74, 6) is -0.219. The summed E-state index contributed by atoms with van der Waals surface area (Å²) in [5.41, 5.74) is -0.828. The van der Waals surface area contributed by atoms with Crippen LogP contribution in [0, 0.1) is 0 Å². The molecule has 3 N–H and O–H groups in total. The fourth-order valence-corrected chi connectivity index (χ4v) is 1.58. The van der Waals surface area contributed by atoms with Crippen molar-refractivity contribution >= 4 is 17.5 Å². The number of aromatic nitrogens is 1. The van der Waals surface area contributed by atoms with Gasteiger partial charge in [0.05, 0.1) is 5.56 Å². The lowest BCUT2D eigenvalue weighted by molar-refractivity contribution is -0.137. The van der Waals surface area contributed by atoms with Crippen molar-refractivity contribution in [2.45, 2.75) is 32.5 Å². The topological polar surface area (TPSA) is 66.1 Å². The smallest absolute Gasteiger partial charge is 0.373 e. The average Bonchev–Trinajstić information content (AvgIpc) is 2.43. The van der Waals surface area contributed by atoms with Gasteiger partial charge in [-0.25, -0.2) is 4.98 Å². The Kier molecular flexibility index (Phi) is 5.80. The van der Waals surface area contributed by atoms with Crippen LogP contribution in [0.2, 0.25) is 0 Å². The SMILES string of the molecule is CCCNC(=O)C(C)Nc1cc(C(F)(F)F)cc(NC)n1. The molecule has 0 aliphatic carbocycles. The van der Waals surface area contributed by atoms with E-state index in [-0.39, 0.29) is 17.5 Å². The number of anilines is 2. The molecule has 1 heterocycles. The number of hydrogen-bond donors (Lipinski definition) is 3. The van der Waals surface area contributed by atoms with Crippen molar-refractivity contribution in [3.05, 3.63) is 17.7 Å². The number of carbonyl (C=O) groups excluding carboxylic acids is 1. The first-order valence-electron chi connectivity index (χ1n) is 6.59. The minimum Gasteiger partial charge on any atom is -0.373 e. The Hall–Kier alpha value is -1.99. The molecule has 21 heavy (non-hydrogen) atoms. The molecule has 0 aliphatic heterocycles. The molecule has 1 unspecified atom stereocenters. The maximum absolute atomic E-state index is 12.8. The summed E-state index contributed by atoms with van der Waals surface area (Å²) in [7, 11) is 1.48. The predicted octanol–water partition coefficient (Wildman–Crippen LogP) is 2.47. The van der Waals surface area contributed by atoms with Gasteiger partial charge in [-0.15, -0.1) is 0 Å². The molecule has 0 spiro atoms. The van der Waals surface area contributed by atoms with Crippen LogP contribution in [-0.4, -0.2) is 30.5 Å². The first-order chi connectivity index (χ1) is 9.77. The highest BCUT2D eigenvalue weighted by Gasteiger charge is 2.31. The van der Waals surface area contributed by atoms with E-state index in [1.165, 1.54) is 7.05 Å². The zero-order valence-corrected chi connectivity index (χ0v) is 12.1. The Bertz CT molecular complexity index is 491. The monoisotopic (exact) mass is 304 g/mol. The van der Waals surface area contributed by atoms with Gasteiger partial charge in [-0.1, -0.05) is 6.92 Å². The lowest BCUT2D eigenvalue weighted by atomic mass is 10.2. The van der Waals surface area contributed by atoms with Crippen LogP contribution in [0.15, 0.2) is 12.1 Å². The molecule has 0 saturated carbocycles. The van der Waals surface area contributed by atoms with Crippen LogP contribution in [0.3, 0.4) is 0 Å². The second kappa shape index (κ2) is 7.14. The standard InChI is InChI=1S/C13H19F3N4O/c1-4-5-18-12(21)8(2)19-11-7-9(13(14,15)16)6-10(17-3)20-11/h6-8H,4-5H2,1-3H3,(H,18,21)(H2,17,19,20). The summed E-state index contributed by atoms with van der Waals surface area (Å²) in [6.07, 6.45) is -3.69. The molecule has 1 aromatic rings. The molecule has 0 saturated heterocycles. The second-order valence-electron chi connectivity index (χ2n) is 4.53. The summed E-state index contributed by atoms with van der Waals surface area (Å²) in [4.78, 5) is 15.7. The van der Waals surface area contributed by atoms with E-state index in [0.717, 1.165) is 18.6 Å². The number of rotatable bonds is 6. The van der Waals surface area contributed by atoms with E-state index in [4.69, 9.17) is 0 Å². The molecule has 0 aliphatic rings. The number of alkyl halides is 3. The van der Waals surface area contributed by atoms with E-state index in [0.29, 0.717) is 6.54 Å². The molecular weight excluding hydrogens is 285 g/mol. The Labute approximate surface area is 121 Å². The number of nitrogens with one attached hydrogen (secondary N) is 3. The minimum atomic E-state index is -4.47. The van der Waals surface area contributed by atoms with E-state index in [9.17, 15) is 18.0 Å². The van der Waals surface area contributed by atoms with Crippen molar-refractivity contribution in [3.8, 4) is 0 Å². The first-order valence-corrected chi connectivity index (χ1v) is 6.59. The Balaban J connectivity index is 2.89. The molecule has 5 nitrogen and oxygen atoms in total. The van der Waals surface area contributed by atoms with Crippen molar-refractivity contribution in [3.63, 3.8) is 0 Å². The number of pyridine rings is 1. The fourth-order valence-electron chi connectivity index (χ4n) is 1.58. The summed E-state index contributed by atoms with van der Waals surface area (Å²) in [6.45, 7) is 3.99. The minimum absolute atomic E-state index is 0.00618. The van der Waals surface area contributed by atoms with Gasteiger partial charge >= 0.3 is 6.18 Å². The van der Waals surface area contributed by atoms with Crippen LogP contribution < -0.4 is 16.0 Å². The van der Waals surface area contributed by atoms with Crippen molar-refractivity contribution in [2.24, 2.45) is 0 Å². The predicted molar refractivity (Wildman–Crippen MR) is 75.2 cm³/mol. The van der Waals surface area contributed by atoms with Crippen LogP contribution >= 0.6 is 0 Å². The fraction of sp³-hybridized carbons (Fsp3) is 0.538. The molecule has 0 radical (unpaired) electrons. The van der Waals surface area contributed by atoms with Gasteiger partial charge < -0.3 is 16.0 Å². The number of hydrogen-bond acceptors (Lipinski definition) is 4. The van der Waals surface area contributed by atoms with Crippen LogP contribution in [-0.2, 0) is 11.0 Å². The molecule has 0 fully saturated rings. The highest BCUT2D eigenvalue weighted by molar-refractivity contribution is 5.83. The van der Waals surface area contributed by atoms with E-state index in [2.05, 4.69) is 20.9 Å². The first kappa shape index (κ1) is 17.1. The van der Waals surface area contributed by atoms with Crippen molar-refractivity contribution < 1.29 is 18.0 Å². The third-order valence-electron chi connectivity index (χ3n) is 2.72. The van der Waals surface area contributed by atoms with Crippen LogP contribution in [0.5, 0.6) is 0 Å². The molecule has 118 valence electrons. The number of amides is 1. The summed E-state index contributed by atoms with van der Waals surface area (Å²) in [6, 6.07) is 1.11. The third-order valence-corrected chi connectivity index (χ3v) is 2.72. The van der Waals surface area contributed by atoms with E-state index >= 15 is 0 Å². The highest BCUT2D eigenvalue weighted by Crippen LogP contribution is 2.32. The van der Waals surface area contributed by atoms with Gasteiger partial charge in [-0.05, 0) is 25.5 Å². The highest BCUT2D eigenvalue weighted by atomic mass is 19.4. The summed E-state index contributed by atoms with van der Waals surface area (Å²) < 4.78 is 38.4. The van der Waals surface area contributed by atoms with Gasteiger partial charge in [0.2, 0.25) is 5.91 Å². The second-order valence-corrected chi connectivity index (χ2v) is 4.53. The van der Waals surface area contributed by atoms with Gasteiger partial charge in [-0.2, -0.15) is 13.2 Å².